The van der Waals surface area contributed by atoms with Crippen LogP contribution in [0.4, 0.5) is 0 Å². The highest BCUT2D eigenvalue weighted by molar-refractivity contribution is 6.08. The summed E-state index contributed by atoms with van der Waals surface area (Å²) in [4.78, 5) is 24.2. The Morgan fingerprint density at radius 2 is 1.90 bits per heavy atom. The molecule has 2 heterocycles. The van der Waals surface area contributed by atoms with Crippen LogP contribution in [0.3, 0.4) is 0 Å². The average molecular weight is 269 g/mol. The SMILES string of the molecule is COC(=O)[C@H]1CCn2c(C(=O)c3ccccc3)ccc21. The van der Waals surface area contributed by atoms with Crippen LogP contribution in [0.5, 0.6) is 0 Å². The first kappa shape index (κ1) is 12.7. The summed E-state index contributed by atoms with van der Waals surface area (Å²) >= 11 is 0. The van der Waals surface area contributed by atoms with Crippen molar-refractivity contribution in [3.8, 4) is 0 Å². The molecular weight excluding hydrogens is 254 g/mol. The molecule has 0 N–H and O–H groups in total. The van der Waals surface area contributed by atoms with Gasteiger partial charge >= 0.3 is 5.97 Å². The number of methoxy groups -OCH3 is 1. The molecule has 1 aliphatic rings. The van der Waals surface area contributed by atoms with Crippen molar-refractivity contribution >= 4 is 11.8 Å². The Morgan fingerprint density at radius 1 is 1.15 bits per heavy atom. The monoisotopic (exact) mass is 269 g/mol. The zero-order valence-corrected chi connectivity index (χ0v) is 11.2. The number of hydrogen-bond donors (Lipinski definition) is 0. The molecule has 4 nitrogen and oxygen atoms in total. The highest BCUT2D eigenvalue weighted by Crippen LogP contribution is 2.32. The summed E-state index contributed by atoms with van der Waals surface area (Å²) in [5.41, 5.74) is 2.17. The molecule has 4 heteroatoms. The molecule has 1 aromatic carbocycles. The lowest BCUT2D eigenvalue weighted by Crippen LogP contribution is -2.11. The van der Waals surface area contributed by atoms with E-state index in [9.17, 15) is 9.59 Å². The van der Waals surface area contributed by atoms with Gasteiger partial charge in [-0.05, 0) is 18.6 Å². The minimum absolute atomic E-state index is 0.0117. The summed E-state index contributed by atoms with van der Waals surface area (Å²) in [5, 5.41) is 0. The summed E-state index contributed by atoms with van der Waals surface area (Å²) < 4.78 is 6.74. The molecule has 1 aliphatic heterocycles. The predicted octanol–water partition coefficient (Wildman–Crippen LogP) is 2.38. The maximum atomic E-state index is 12.5. The van der Waals surface area contributed by atoms with Crippen LogP contribution in [-0.2, 0) is 16.1 Å². The van der Waals surface area contributed by atoms with Gasteiger partial charge in [0.2, 0.25) is 5.78 Å². The van der Waals surface area contributed by atoms with Gasteiger partial charge in [0.25, 0.3) is 0 Å². The zero-order valence-electron chi connectivity index (χ0n) is 11.2. The number of aromatic nitrogens is 1. The summed E-state index contributed by atoms with van der Waals surface area (Å²) in [7, 11) is 1.39. The molecule has 2 aromatic rings. The predicted molar refractivity (Wildman–Crippen MR) is 73.7 cm³/mol. The third kappa shape index (κ3) is 1.93. The number of carbonyl (C=O) groups excluding carboxylic acids is 2. The van der Waals surface area contributed by atoms with Crippen molar-refractivity contribution in [2.45, 2.75) is 18.9 Å². The Bertz CT molecular complexity index is 658. The first-order valence-electron chi connectivity index (χ1n) is 6.59. The van der Waals surface area contributed by atoms with Crippen LogP contribution in [0.15, 0.2) is 42.5 Å². The molecule has 0 unspecified atom stereocenters. The molecule has 0 amide bonds. The van der Waals surface area contributed by atoms with E-state index in [-0.39, 0.29) is 17.7 Å². The van der Waals surface area contributed by atoms with Gasteiger partial charge in [-0.25, -0.2) is 0 Å². The molecule has 0 spiro atoms. The van der Waals surface area contributed by atoms with Gasteiger partial charge < -0.3 is 9.30 Å². The number of esters is 1. The Balaban J connectivity index is 1.95. The smallest absolute Gasteiger partial charge is 0.314 e. The first-order chi connectivity index (χ1) is 9.72. The minimum atomic E-state index is -0.252. The number of ether oxygens (including phenoxy) is 1. The largest absolute Gasteiger partial charge is 0.469 e. The molecule has 1 aromatic heterocycles. The van der Waals surface area contributed by atoms with Crippen molar-refractivity contribution in [1.29, 1.82) is 0 Å². The highest BCUT2D eigenvalue weighted by atomic mass is 16.5. The molecule has 0 aliphatic carbocycles. The molecule has 3 rings (SSSR count). The van der Waals surface area contributed by atoms with Gasteiger partial charge in [0.1, 0.15) is 0 Å². The second kappa shape index (κ2) is 4.96. The van der Waals surface area contributed by atoms with Gasteiger partial charge in [0.05, 0.1) is 18.7 Å². The fourth-order valence-corrected chi connectivity index (χ4v) is 2.76. The number of nitrogens with zero attached hydrogens (tertiary/aromatic N) is 1. The van der Waals surface area contributed by atoms with Gasteiger partial charge in [0, 0.05) is 17.8 Å². The van der Waals surface area contributed by atoms with E-state index in [2.05, 4.69) is 0 Å². The van der Waals surface area contributed by atoms with Crippen molar-refractivity contribution in [3.63, 3.8) is 0 Å². The molecule has 1 atom stereocenters. The number of carbonyl (C=O) groups is 2. The molecule has 20 heavy (non-hydrogen) atoms. The molecule has 0 radical (unpaired) electrons. The van der Waals surface area contributed by atoms with Crippen molar-refractivity contribution < 1.29 is 14.3 Å². The van der Waals surface area contributed by atoms with Gasteiger partial charge in [-0.15, -0.1) is 0 Å². The molecule has 102 valence electrons. The van der Waals surface area contributed by atoms with Crippen LogP contribution in [0.25, 0.3) is 0 Å². The average Bonchev–Trinajstić information content (AvgIpc) is 3.08. The van der Waals surface area contributed by atoms with E-state index < -0.39 is 0 Å². The number of ketones is 1. The summed E-state index contributed by atoms with van der Waals surface area (Å²) in [6.07, 6.45) is 0.692. The van der Waals surface area contributed by atoms with Crippen molar-refractivity contribution in [3.05, 3.63) is 59.4 Å². The fraction of sp³-hybridized carbons (Fsp3) is 0.250. The quantitative estimate of drug-likeness (QED) is 0.635. The van der Waals surface area contributed by atoms with E-state index >= 15 is 0 Å². The Morgan fingerprint density at radius 3 is 2.60 bits per heavy atom. The Kier molecular flexibility index (Phi) is 3.14. The van der Waals surface area contributed by atoms with E-state index in [0.29, 0.717) is 24.2 Å². The Labute approximate surface area is 117 Å². The maximum absolute atomic E-state index is 12.5. The molecule has 0 bridgehead atoms. The van der Waals surface area contributed by atoms with Crippen LogP contribution in [0, 0.1) is 0 Å². The lowest BCUT2D eigenvalue weighted by molar-refractivity contribution is -0.142. The summed E-state index contributed by atoms with van der Waals surface area (Å²) in [5.74, 6) is -0.500. The minimum Gasteiger partial charge on any atom is -0.469 e. The second-order valence-corrected chi connectivity index (χ2v) is 4.85. The third-order valence-electron chi connectivity index (χ3n) is 3.77. The first-order valence-corrected chi connectivity index (χ1v) is 6.59. The topological polar surface area (TPSA) is 48.3 Å². The van der Waals surface area contributed by atoms with Crippen molar-refractivity contribution in [1.82, 2.24) is 4.57 Å². The second-order valence-electron chi connectivity index (χ2n) is 4.85. The van der Waals surface area contributed by atoms with Gasteiger partial charge in [-0.1, -0.05) is 30.3 Å². The highest BCUT2D eigenvalue weighted by Gasteiger charge is 2.32. The van der Waals surface area contributed by atoms with Crippen LogP contribution in [-0.4, -0.2) is 23.4 Å². The van der Waals surface area contributed by atoms with E-state index in [1.165, 1.54) is 7.11 Å². The lowest BCUT2D eigenvalue weighted by atomic mass is 10.1. The fourth-order valence-electron chi connectivity index (χ4n) is 2.76. The zero-order chi connectivity index (χ0) is 14.1. The van der Waals surface area contributed by atoms with Crippen molar-refractivity contribution in [2.75, 3.05) is 7.11 Å². The lowest BCUT2D eigenvalue weighted by Gasteiger charge is -2.06. The number of hydrogen-bond acceptors (Lipinski definition) is 3. The van der Waals surface area contributed by atoms with Crippen LogP contribution >= 0.6 is 0 Å². The Hall–Kier alpha value is -2.36. The standard InChI is InChI=1S/C16H15NO3/c1-20-16(19)12-9-10-17-13(12)7-8-14(17)15(18)11-5-3-2-4-6-11/h2-8,12H,9-10H2,1H3/t12-/m0/s1. The van der Waals surface area contributed by atoms with Gasteiger partial charge in [-0.3, -0.25) is 9.59 Å². The summed E-state index contributed by atoms with van der Waals surface area (Å²) in [6, 6.07) is 12.8. The van der Waals surface area contributed by atoms with Gasteiger partial charge in [0.15, 0.2) is 0 Å². The number of benzene rings is 1. The number of rotatable bonds is 3. The van der Waals surface area contributed by atoms with Crippen LogP contribution < -0.4 is 0 Å². The van der Waals surface area contributed by atoms with Crippen LogP contribution in [0.2, 0.25) is 0 Å². The molecule has 0 saturated heterocycles. The molecule has 0 saturated carbocycles. The molecule has 0 fully saturated rings. The van der Waals surface area contributed by atoms with Gasteiger partial charge in [-0.2, -0.15) is 0 Å². The van der Waals surface area contributed by atoms with Crippen LogP contribution in [0.1, 0.15) is 34.1 Å². The molecular formula is C16H15NO3. The number of fused-ring (bicyclic) bond motifs is 1. The maximum Gasteiger partial charge on any atom is 0.314 e. The third-order valence-corrected chi connectivity index (χ3v) is 3.77. The van der Waals surface area contributed by atoms with E-state index in [4.69, 9.17) is 4.74 Å². The van der Waals surface area contributed by atoms with E-state index in [1.54, 1.807) is 18.2 Å². The van der Waals surface area contributed by atoms with E-state index in [1.807, 2.05) is 28.8 Å². The normalized spacial score (nSPS) is 16.8. The van der Waals surface area contributed by atoms with Crippen molar-refractivity contribution in [2.24, 2.45) is 0 Å². The summed E-state index contributed by atoms with van der Waals surface area (Å²) in [6.45, 7) is 0.677. The van der Waals surface area contributed by atoms with E-state index in [0.717, 1.165) is 5.69 Å².